The van der Waals surface area contributed by atoms with Gasteiger partial charge in [-0.05, 0) is 5.56 Å². The molecule has 1 aromatic carbocycles. The van der Waals surface area contributed by atoms with Crippen LogP contribution in [0.4, 0.5) is 13.2 Å². The Morgan fingerprint density at radius 1 is 1.27 bits per heavy atom. The fourth-order valence-electron chi connectivity index (χ4n) is 1.25. The number of carboxylic acid groups (broad SMARTS) is 1. The third-order valence-corrected chi connectivity index (χ3v) is 1.92. The molecule has 0 saturated heterocycles. The molecule has 0 saturated carbocycles. The van der Waals surface area contributed by atoms with Crippen molar-refractivity contribution in [1.82, 2.24) is 0 Å². The lowest BCUT2D eigenvalue weighted by Crippen LogP contribution is -2.32. The van der Waals surface area contributed by atoms with Crippen molar-refractivity contribution in [3.63, 3.8) is 0 Å². The summed E-state index contributed by atoms with van der Waals surface area (Å²) >= 11 is 0. The minimum absolute atomic E-state index is 0.106. The fourth-order valence-corrected chi connectivity index (χ4v) is 1.25. The second-order valence-corrected chi connectivity index (χ2v) is 3.10. The summed E-state index contributed by atoms with van der Waals surface area (Å²) in [5.74, 6) is -3.34. The predicted octanol–water partition coefficient (Wildman–Crippen LogP) is 1.47. The second-order valence-electron chi connectivity index (χ2n) is 3.10. The molecule has 0 radical (unpaired) electrons. The van der Waals surface area contributed by atoms with Gasteiger partial charge < -0.3 is 9.90 Å². The zero-order chi connectivity index (χ0) is 11.5. The summed E-state index contributed by atoms with van der Waals surface area (Å²) in [6.45, 7) is 0. The molecule has 82 valence electrons. The van der Waals surface area contributed by atoms with E-state index in [1.807, 2.05) is 0 Å². The molecule has 0 bridgehead atoms. The number of carbonyl (C=O) groups excluding carboxylic acids is 1. The molecule has 0 spiro atoms. The van der Waals surface area contributed by atoms with Gasteiger partial charge in [0, 0.05) is 11.9 Å². The number of halogens is 3. The molecule has 1 atom stereocenters. The summed E-state index contributed by atoms with van der Waals surface area (Å²) in [5, 5.41) is 10.6. The first kappa shape index (κ1) is 11.6. The topological polar surface area (TPSA) is 40.1 Å². The minimum Gasteiger partial charge on any atom is -0.549 e. The van der Waals surface area contributed by atoms with Crippen molar-refractivity contribution >= 4 is 5.97 Å². The highest BCUT2D eigenvalue weighted by Crippen LogP contribution is 2.30. The molecule has 0 N–H and O–H groups in total. The number of alkyl halides is 3. The van der Waals surface area contributed by atoms with Gasteiger partial charge in [-0.3, -0.25) is 0 Å². The van der Waals surface area contributed by atoms with E-state index in [9.17, 15) is 23.1 Å². The summed E-state index contributed by atoms with van der Waals surface area (Å²) in [7, 11) is 0. The number of carbonyl (C=O) groups is 1. The van der Waals surface area contributed by atoms with E-state index in [0.717, 1.165) is 0 Å². The zero-order valence-corrected chi connectivity index (χ0v) is 7.62. The van der Waals surface area contributed by atoms with E-state index in [0.29, 0.717) is 0 Å². The maximum absolute atomic E-state index is 12.1. The van der Waals surface area contributed by atoms with Crippen LogP contribution in [-0.2, 0) is 4.79 Å². The molecular formula is C10H8F3O2-. The van der Waals surface area contributed by atoms with Gasteiger partial charge in [0.1, 0.15) is 0 Å². The van der Waals surface area contributed by atoms with Gasteiger partial charge in [-0.2, -0.15) is 13.2 Å². The third-order valence-electron chi connectivity index (χ3n) is 1.92. The molecule has 1 aromatic rings. The quantitative estimate of drug-likeness (QED) is 0.769. The monoisotopic (exact) mass is 217 g/mol. The van der Waals surface area contributed by atoms with Crippen LogP contribution in [0.15, 0.2) is 30.3 Å². The minimum atomic E-state index is -4.51. The van der Waals surface area contributed by atoms with Gasteiger partial charge in [0.2, 0.25) is 0 Å². The second kappa shape index (κ2) is 4.33. The Balaban J connectivity index is 2.90. The molecule has 2 nitrogen and oxygen atoms in total. The van der Waals surface area contributed by atoms with Crippen LogP contribution in [0.25, 0.3) is 0 Å². The van der Waals surface area contributed by atoms with Crippen molar-refractivity contribution in [1.29, 1.82) is 0 Å². The van der Waals surface area contributed by atoms with Crippen LogP contribution in [0, 0.1) is 0 Å². The van der Waals surface area contributed by atoms with Gasteiger partial charge in [-0.15, -0.1) is 0 Å². The summed E-state index contributed by atoms with van der Waals surface area (Å²) in [6, 6.07) is 7.26. The Labute approximate surface area is 84.3 Å². The molecule has 0 aliphatic rings. The summed E-state index contributed by atoms with van der Waals surface area (Å²) < 4.78 is 36.2. The number of hydrogen-bond acceptors (Lipinski definition) is 2. The first-order valence-corrected chi connectivity index (χ1v) is 4.23. The van der Waals surface area contributed by atoms with Crippen molar-refractivity contribution < 1.29 is 23.1 Å². The number of benzene rings is 1. The van der Waals surface area contributed by atoms with Crippen molar-refractivity contribution in [3.8, 4) is 0 Å². The van der Waals surface area contributed by atoms with Crippen molar-refractivity contribution in [2.75, 3.05) is 0 Å². The summed E-state index contributed by atoms with van der Waals surface area (Å²) in [4.78, 5) is 10.6. The molecular weight excluding hydrogens is 209 g/mol. The summed E-state index contributed by atoms with van der Waals surface area (Å²) in [5.41, 5.74) is 0.106. The Morgan fingerprint density at radius 2 is 1.80 bits per heavy atom. The van der Waals surface area contributed by atoms with Gasteiger partial charge in [0.25, 0.3) is 0 Å². The molecule has 0 aromatic heterocycles. The van der Waals surface area contributed by atoms with Crippen LogP contribution in [0.5, 0.6) is 0 Å². The molecule has 5 heteroatoms. The molecule has 0 fully saturated rings. The molecule has 1 rings (SSSR count). The van der Waals surface area contributed by atoms with Crippen LogP contribution in [0.1, 0.15) is 17.9 Å². The van der Waals surface area contributed by atoms with E-state index in [2.05, 4.69) is 0 Å². The van der Waals surface area contributed by atoms with E-state index < -0.39 is 24.5 Å². The maximum atomic E-state index is 12.1. The highest BCUT2D eigenvalue weighted by Gasteiger charge is 2.33. The molecule has 15 heavy (non-hydrogen) atoms. The van der Waals surface area contributed by atoms with Gasteiger partial charge in [-0.1, -0.05) is 30.3 Å². The van der Waals surface area contributed by atoms with E-state index >= 15 is 0 Å². The predicted molar refractivity (Wildman–Crippen MR) is 44.9 cm³/mol. The molecule has 0 heterocycles. The largest absolute Gasteiger partial charge is 0.549 e. The molecule has 1 unspecified atom stereocenters. The SMILES string of the molecule is O=C([O-])C(CC(F)(F)F)c1ccccc1. The van der Waals surface area contributed by atoms with Crippen LogP contribution in [-0.4, -0.2) is 12.1 Å². The average Bonchev–Trinajstić information content (AvgIpc) is 2.14. The number of hydrogen-bond donors (Lipinski definition) is 0. The highest BCUT2D eigenvalue weighted by molar-refractivity contribution is 5.74. The van der Waals surface area contributed by atoms with E-state index in [1.165, 1.54) is 24.3 Å². The van der Waals surface area contributed by atoms with Crippen LogP contribution in [0.3, 0.4) is 0 Å². The number of rotatable bonds is 3. The fraction of sp³-hybridized carbons (Fsp3) is 0.300. The van der Waals surface area contributed by atoms with E-state index in [4.69, 9.17) is 0 Å². The first-order chi connectivity index (χ1) is 6.90. The van der Waals surface area contributed by atoms with E-state index in [-0.39, 0.29) is 5.56 Å². The Bertz CT molecular complexity index is 332. The van der Waals surface area contributed by atoms with Crippen LogP contribution < -0.4 is 5.11 Å². The number of aliphatic carboxylic acids is 1. The van der Waals surface area contributed by atoms with Crippen molar-refractivity contribution in [2.45, 2.75) is 18.5 Å². The van der Waals surface area contributed by atoms with Gasteiger partial charge in [-0.25, -0.2) is 0 Å². The molecule has 0 aliphatic heterocycles. The smallest absolute Gasteiger partial charge is 0.390 e. The van der Waals surface area contributed by atoms with Gasteiger partial charge >= 0.3 is 6.18 Å². The van der Waals surface area contributed by atoms with Crippen molar-refractivity contribution in [3.05, 3.63) is 35.9 Å². The first-order valence-electron chi connectivity index (χ1n) is 4.23. The molecule has 0 aliphatic carbocycles. The van der Waals surface area contributed by atoms with Crippen molar-refractivity contribution in [2.24, 2.45) is 0 Å². The zero-order valence-electron chi connectivity index (χ0n) is 7.62. The summed E-state index contributed by atoms with van der Waals surface area (Å²) in [6.07, 6.45) is -5.92. The highest BCUT2D eigenvalue weighted by atomic mass is 19.4. The lowest BCUT2D eigenvalue weighted by atomic mass is 9.96. The van der Waals surface area contributed by atoms with Crippen LogP contribution in [0.2, 0.25) is 0 Å². The van der Waals surface area contributed by atoms with Gasteiger partial charge in [0.15, 0.2) is 0 Å². The number of carboxylic acids is 1. The Morgan fingerprint density at radius 3 is 2.20 bits per heavy atom. The Hall–Kier alpha value is -1.52. The lowest BCUT2D eigenvalue weighted by molar-refractivity contribution is -0.310. The maximum Gasteiger partial charge on any atom is 0.390 e. The Kier molecular flexibility index (Phi) is 3.34. The van der Waals surface area contributed by atoms with E-state index in [1.54, 1.807) is 6.07 Å². The normalized spacial score (nSPS) is 13.5. The standard InChI is InChI=1S/C10H9F3O2/c11-10(12,13)6-8(9(14)15)7-4-2-1-3-5-7/h1-5,8H,6H2,(H,14,15)/p-1. The van der Waals surface area contributed by atoms with Crippen LogP contribution >= 0.6 is 0 Å². The van der Waals surface area contributed by atoms with Gasteiger partial charge in [0.05, 0.1) is 6.42 Å². The average molecular weight is 217 g/mol. The third kappa shape index (κ3) is 3.61. The molecule has 0 amide bonds. The lowest BCUT2D eigenvalue weighted by Gasteiger charge is -2.19.